The Morgan fingerprint density at radius 2 is 1.84 bits per heavy atom. The summed E-state index contributed by atoms with van der Waals surface area (Å²) < 4.78 is 14.1. The minimum atomic E-state index is -0.184. The number of carbonyl (C=O) groups is 1. The third-order valence-corrected chi connectivity index (χ3v) is 5.11. The van der Waals surface area contributed by atoms with E-state index in [1.54, 1.807) is 13.1 Å². The van der Waals surface area contributed by atoms with Gasteiger partial charge < -0.3 is 25.3 Å². The van der Waals surface area contributed by atoms with E-state index in [9.17, 15) is 9.18 Å². The zero-order valence-corrected chi connectivity index (χ0v) is 18.4. The van der Waals surface area contributed by atoms with Gasteiger partial charge in [0.05, 0.1) is 12.2 Å². The maximum absolute atomic E-state index is 14.1. The molecule has 166 valence electrons. The molecule has 3 rings (SSSR count). The van der Waals surface area contributed by atoms with Crippen molar-refractivity contribution in [1.82, 2.24) is 15.1 Å². The van der Waals surface area contributed by atoms with Crippen LogP contribution in [0.5, 0.6) is 0 Å². The Morgan fingerprint density at radius 3 is 2.52 bits per heavy atom. The van der Waals surface area contributed by atoms with Crippen LogP contribution in [0.2, 0.25) is 0 Å². The van der Waals surface area contributed by atoms with Gasteiger partial charge in [0.25, 0.3) is 0 Å². The van der Waals surface area contributed by atoms with E-state index in [0.717, 1.165) is 43.4 Å². The molecule has 2 aromatic carbocycles. The van der Waals surface area contributed by atoms with Crippen molar-refractivity contribution in [2.45, 2.75) is 6.54 Å². The van der Waals surface area contributed by atoms with Crippen molar-refractivity contribution in [3.8, 4) is 0 Å². The molecule has 0 aromatic heterocycles. The number of piperazine rings is 1. The number of amides is 1. The summed E-state index contributed by atoms with van der Waals surface area (Å²) in [6.07, 6.45) is 0. The fourth-order valence-electron chi connectivity index (χ4n) is 3.63. The van der Waals surface area contributed by atoms with Gasteiger partial charge in [-0.2, -0.15) is 0 Å². The zero-order chi connectivity index (χ0) is 22.2. The highest BCUT2D eigenvalue weighted by atomic mass is 19.1. The lowest BCUT2D eigenvalue weighted by Crippen LogP contribution is -2.52. The highest BCUT2D eigenvalue weighted by molar-refractivity contribution is 5.92. The van der Waals surface area contributed by atoms with E-state index < -0.39 is 0 Å². The van der Waals surface area contributed by atoms with Gasteiger partial charge in [-0.3, -0.25) is 9.79 Å². The molecule has 2 aromatic rings. The summed E-state index contributed by atoms with van der Waals surface area (Å²) in [5.41, 5.74) is 2.48. The summed E-state index contributed by atoms with van der Waals surface area (Å²) in [6.45, 7) is 3.92. The van der Waals surface area contributed by atoms with Crippen LogP contribution in [0.4, 0.5) is 15.8 Å². The third-order valence-electron chi connectivity index (χ3n) is 5.11. The van der Waals surface area contributed by atoms with E-state index in [-0.39, 0.29) is 11.7 Å². The molecule has 1 fully saturated rings. The number of nitrogens with one attached hydrogen (secondary N) is 2. The van der Waals surface area contributed by atoms with Crippen molar-refractivity contribution in [3.05, 3.63) is 59.9 Å². The first-order valence-corrected chi connectivity index (χ1v) is 10.4. The minimum absolute atomic E-state index is 0.0429. The molecule has 8 heteroatoms. The van der Waals surface area contributed by atoms with E-state index >= 15 is 0 Å². The van der Waals surface area contributed by atoms with Gasteiger partial charge in [-0.1, -0.05) is 24.3 Å². The van der Waals surface area contributed by atoms with Gasteiger partial charge in [-0.25, -0.2) is 4.39 Å². The van der Waals surface area contributed by atoms with Crippen molar-refractivity contribution in [2.24, 2.45) is 4.99 Å². The van der Waals surface area contributed by atoms with Gasteiger partial charge in [0.2, 0.25) is 5.91 Å². The molecule has 2 N–H and O–H groups in total. The summed E-state index contributed by atoms with van der Waals surface area (Å²) in [5.74, 6) is 0.588. The maximum Gasteiger partial charge on any atom is 0.238 e. The number of guanidine groups is 1. The molecule has 7 nitrogen and oxygen atoms in total. The number of nitrogens with zero attached hydrogens (tertiary/aromatic N) is 4. The molecule has 0 bridgehead atoms. The van der Waals surface area contributed by atoms with Gasteiger partial charge >= 0.3 is 0 Å². The number of hydrogen-bond acceptors (Lipinski definition) is 4. The van der Waals surface area contributed by atoms with E-state index in [1.807, 2.05) is 55.4 Å². The van der Waals surface area contributed by atoms with Crippen LogP contribution in [0.25, 0.3) is 0 Å². The van der Waals surface area contributed by atoms with Crippen LogP contribution >= 0.6 is 0 Å². The fourth-order valence-corrected chi connectivity index (χ4v) is 3.63. The lowest BCUT2D eigenvalue weighted by Gasteiger charge is -2.37. The predicted molar refractivity (Wildman–Crippen MR) is 124 cm³/mol. The van der Waals surface area contributed by atoms with Crippen molar-refractivity contribution >= 4 is 23.2 Å². The highest BCUT2D eigenvalue weighted by Gasteiger charge is 2.21. The van der Waals surface area contributed by atoms with E-state index in [2.05, 4.69) is 25.4 Å². The molecule has 1 heterocycles. The number of benzene rings is 2. The number of aliphatic imine (C=N–C) groups is 1. The number of likely N-dealkylation sites (N-methyl/N-ethyl adjacent to an activating group) is 1. The molecule has 0 radical (unpaired) electrons. The number of anilines is 2. The Balaban J connectivity index is 1.53. The molecule has 1 amide bonds. The van der Waals surface area contributed by atoms with E-state index in [1.165, 1.54) is 6.07 Å². The van der Waals surface area contributed by atoms with Crippen LogP contribution in [0.15, 0.2) is 53.5 Å². The second kappa shape index (κ2) is 10.8. The van der Waals surface area contributed by atoms with Gasteiger partial charge in [-0.05, 0) is 43.9 Å². The Kier molecular flexibility index (Phi) is 7.83. The van der Waals surface area contributed by atoms with Crippen LogP contribution in [0, 0.1) is 5.82 Å². The molecule has 0 spiro atoms. The highest BCUT2D eigenvalue weighted by Crippen LogP contribution is 2.20. The quantitative estimate of drug-likeness (QED) is 0.548. The van der Waals surface area contributed by atoms with E-state index in [4.69, 9.17) is 0 Å². The normalized spacial score (nSPS) is 14.7. The molecule has 31 heavy (non-hydrogen) atoms. The van der Waals surface area contributed by atoms with E-state index in [0.29, 0.717) is 18.8 Å². The number of rotatable bonds is 6. The molecule has 0 aliphatic carbocycles. The second-order valence-electron chi connectivity index (χ2n) is 7.81. The van der Waals surface area contributed by atoms with Crippen molar-refractivity contribution < 1.29 is 9.18 Å². The molecule has 1 saturated heterocycles. The molecular formula is C23H31FN6O. The smallest absolute Gasteiger partial charge is 0.238 e. The predicted octanol–water partition coefficient (Wildman–Crippen LogP) is 2.22. The third kappa shape index (κ3) is 6.42. The van der Waals surface area contributed by atoms with Crippen LogP contribution in [-0.4, -0.2) is 75.5 Å². The molecule has 0 unspecified atom stereocenters. The van der Waals surface area contributed by atoms with Gasteiger partial charge in [0.15, 0.2) is 5.96 Å². The first-order valence-electron chi connectivity index (χ1n) is 10.4. The largest absolute Gasteiger partial charge is 0.366 e. The van der Waals surface area contributed by atoms with Crippen LogP contribution in [0.3, 0.4) is 0 Å². The topological polar surface area (TPSA) is 63.2 Å². The first kappa shape index (κ1) is 22.6. The molecule has 0 saturated carbocycles. The number of hydrogen-bond donors (Lipinski definition) is 2. The first-order chi connectivity index (χ1) is 15.0. The average Bonchev–Trinajstić information content (AvgIpc) is 2.75. The summed E-state index contributed by atoms with van der Waals surface area (Å²) in [4.78, 5) is 22.5. The van der Waals surface area contributed by atoms with Crippen molar-refractivity contribution in [3.63, 3.8) is 0 Å². The van der Waals surface area contributed by atoms with Gasteiger partial charge in [0, 0.05) is 45.5 Å². The molecule has 0 atom stereocenters. The zero-order valence-electron chi connectivity index (χ0n) is 18.4. The van der Waals surface area contributed by atoms with Gasteiger partial charge in [0.1, 0.15) is 5.82 Å². The number of carbonyl (C=O) groups excluding carboxylic acids is 1. The lowest BCUT2D eigenvalue weighted by atomic mass is 10.2. The van der Waals surface area contributed by atoms with Crippen LogP contribution in [0.1, 0.15) is 5.56 Å². The Labute approximate surface area is 183 Å². The standard InChI is InChI=1S/C23H31FN6O/c1-25-23(30-13-11-29(12-14-30)21-10-5-4-9-20(21)24)26-16-18-7-6-8-19(15-18)27-22(31)17-28(2)3/h4-10,15H,11-14,16-17H2,1-3H3,(H,25,26)(H,27,31). The van der Waals surface area contributed by atoms with Crippen molar-refractivity contribution in [1.29, 1.82) is 0 Å². The molecular weight excluding hydrogens is 395 g/mol. The second-order valence-corrected chi connectivity index (χ2v) is 7.81. The summed E-state index contributed by atoms with van der Waals surface area (Å²) in [6, 6.07) is 14.7. The SMILES string of the molecule is CN=C(NCc1cccc(NC(=O)CN(C)C)c1)N1CCN(c2ccccc2F)CC1. The number of para-hydroxylation sites is 1. The van der Waals surface area contributed by atoms with Crippen LogP contribution in [-0.2, 0) is 11.3 Å². The van der Waals surface area contributed by atoms with Gasteiger partial charge in [-0.15, -0.1) is 0 Å². The number of halogens is 1. The molecule has 1 aliphatic heterocycles. The monoisotopic (exact) mass is 426 g/mol. The minimum Gasteiger partial charge on any atom is -0.366 e. The molecule has 1 aliphatic rings. The summed E-state index contributed by atoms with van der Waals surface area (Å²) in [7, 11) is 5.49. The summed E-state index contributed by atoms with van der Waals surface area (Å²) in [5, 5.41) is 6.31. The maximum atomic E-state index is 14.1. The average molecular weight is 427 g/mol. The lowest BCUT2D eigenvalue weighted by molar-refractivity contribution is -0.116. The Morgan fingerprint density at radius 1 is 1.10 bits per heavy atom. The Bertz CT molecular complexity index is 908. The van der Waals surface area contributed by atoms with Crippen molar-refractivity contribution in [2.75, 3.05) is 64.1 Å². The Hall–Kier alpha value is -3.13. The summed E-state index contributed by atoms with van der Waals surface area (Å²) >= 11 is 0. The van der Waals surface area contributed by atoms with Crippen LogP contribution < -0.4 is 15.5 Å². The fraction of sp³-hybridized carbons (Fsp3) is 0.391.